The van der Waals surface area contributed by atoms with Crippen molar-refractivity contribution in [3.05, 3.63) is 34.6 Å². The lowest BCUT2D eigenvalue weighted by molar-refractivity contribution is 0.124. The van der Waals surface area contributed by atoms with Crippen molar-refractivity contribution >= 4 is 16.9 Å². The Morgan fingerprint density at radius 2 is 1.60 bits per heavy atom. The molecule has 0 amide bonds. The number of aromatic nitrogens is 2. The summed E-state index contributed by atoms with van der Waals surface area (Å²) in [7, 11) is 0. The van der Waals surface area contributed by atoms with Crippen LogP contribution in [0.2, 0.25) is 0 Å². The number of hydrogen-bond acceptors (Lipinski definition) is 5. The molecule has 2 N–H and O–H groups in total. The Labute approximate surface area is 179 Å². The molecular formula is C24H35N5O. The van der Waals surface area contributed by atoms with E-state index in [0.717, 1.165) is 62.5 Å². The summed E-state index contributed by atoms with van der Waals surface area (Å²) >= 11 is 0. The number of para-hydroxylation sites is 2. The van der Waals surface area contributed by atoms with Crippen LogP contribution in [0, 0.1) is 0 Å². The van der Waals surface area contributed by atoms with Crippen LogP contribution in [0.1, 0.15) is 63.8 Å². The smallest absolute Gasteiger partial charge is 0.294 e. The van der Waals surface area contributed by atoms with E-state index in [9.17, 15) is 4.79 Å². The first kappa shape index (κ1) is 20.0. The minimum absolute atomic E-state index is 0.0655. The molecule has 6 nitrogen and oxygen atoms in total. The molecular weight excluding hydrogens is 374 g/mol. The summed E-state index contributed by atoms with van der Waals surface area (Å²) in [6, 6.07) is 9.26. The number of benzene rings is 1. The van der Waals surface area contributed by atoms with Crippen LogP contribution in [-0.2, 0) is 0 Å². The molecule has 162 valence electrons. The van der Waals surface area contributed by atoms with Crippen LogP contribution < -0.4 is 16.2 Å². The van der Waals surface area contributed by atoms with Crippen LogP contribution in [0.3, 0.4) is 0 Å². The largest absolute Gasteiger partial charge is 0.350 e. The highest BCUT2D eigenvalue weighted by molar-refractivity contribution is 5.76. The van der Waals surface area contributed by atoms with Crippen molar-refractivity contribution in [2.75, 3.05) is 31.1 Å². The zero-order chi connectivity index (χ0) is 20.5. The topological polar surface area (TPSA) is 67.4 Å². The van der Waals surface area contributed by atoms with Gasteiger partial charge in [0, 0.05) is 44.3 Å². The Kier molecular flexibility index (Phi) is 5.79. The van der Waals surface area contributed by atoms with Crippen LogP contribution >= 0.6 is 0 Å². The van der Waals surface area contributed by atoms with Gasteiger partial charge in [-0.2, -0.15) is 0 Å². The fraction of sp³-hybridized carbons (Fsp3) is 0.667. The quantitative estimate of drug-likeness (QED) is 0.788. The average Bonchev–Trinajstić information content (AvgIpc) is 3.02. The average molecular weight is 410 g/mol. The van der Waals surface area contributed by atoms with Crippen molar-refractivity contribution < 1.29 is 0 Å². The Balaban J connectivity index is 1.42. The van der Waals surface area contributed by atoms with Crippen LogP contribution in [-0.4, -0.2) is 52.7 Å². The summed E-state index contributed by atoms with van der Waals surface area (Å²) in [5, 5.41) is 0. The standard InChI is InChI=1S/C24H35N5O/c25-18-11-14-28(17-18)23-24(30)29(22-10-6-5-9-21(22)26-23)20-12-15-27(16-13-20)19-7-3-1-2-4-8-19/h5-6,9-10,18-20H,1-4,7-8,11-17,25H2/t18-/m0/s1. The number of rotatable bonds is 3. The fourth-order valence-corrected chi connectivity index (χ4v) is 5.82. The minimum atomic E-state index is 0.0655. The van der Waals surface area contributed by atoms with Crippen molar-refractivity contribution in [1.29, 1.82) is 0 Å². The Hall–Kier alpha value is -1.92. The molecule has 5 rings (SSSR count). The highest BCUT2D eigenvalue weighted by Gasteiger charge is 2.30. The van der Waals surface area contributed by atoms with Crippen LogP contribution in [0.4, 0.5) is 5.82 Å². The lowest BCUT2D eigenvalue weighted by Crippen LogP contribution is -2.43. The first-order valence-electron chi connectivity index (χ1n) is 12.0. The van der Waals surface area contributed by atoms with Gasteiger partial charge in [-0.3, -0.25) is 4.79 Å². The zero-order valence-corrected chi connectivity index (χ0v) is 18.0. The number of fused-ring (bicyclic) bond motifs is 1. The molecule has 3 aliphatic rings. The van der Waals surface area contributed by atoms with Crippen LogP contribution in [0.5, 0.6) is 0 Å². The monoisotopic (exact) mass is 409 g/mol. The van der Waals surface area contributed by atoms with E-state index in [0.29, 0.717) is 5.82 Å². The molecule has 1 aromatic carbocycles. The number of nitrogens with zero attached hydrogens (tertiary/aromatic N) is 4. The number of likely N-dealkylation sites (tertiary alicyclic amines) is 1. The van der Waals surface area contributed by atoms with Crippen molar-refractivity contribution in [1.82, 2.24) is 14.5 Å². The maximum Gasteiger partial charge on any atom is 0.294 e. The van der Waals surface area contributed by atoms with Gasteiger partial charge >= 0.3 is 0 Å². The van der Waals surface area contributed by atoms with Gasteiger partial charge in [-0.05, 0) is 44.2 Å². The third-order valence-corrected chi connectivity index (χ3v) is 7.51. The Bertz CT molecular complexity index is 925. The van der Waals surface area contributed by atoms with Gasteiger partial charge in [0.1, 0.15) is 0 Å². The van der Waals surface area contributed by atoms with Crippen LogP contribution in [0.25, 0.3) is 11.0 Å². The van der Waals surface area contributed by atoms with Gasteiger partial charge in [-0.15, -0.1) is 0 Å². The number of anilines is 1. The highest BCUT2D eigenvalue weighted by Crippen LogP contribution is 2.30. The number of nitrogens with two attached hydrogens (primary N) is 1. The Morgan fingerprint density at radius 1 is 0.867 bits per heavy atom. The van der Waals surface area contributed by atoms with Crippen LogP contribution in [0.15, 0.2) is 29.1 Å². The molecule has 2 saturated heterocycles. The summed E-state index contributed by atoms with van der Waals surface area (Å²) in [5.74, 6) is 0.591. The van der Waals surface area contributed by atoms with E-state index in [1.54, 1.807) is 0 Å². The summed E-state index contributed by atoms with van der Waals surface area (Å²) in [6.45, 7) is 3.74. The molecule has 0 unspecified atom stereocenters. The van der Waals surface area contributed by atoms with Gasteiger partial charge in [-0.1, -0.05) is 37.8 Å². The Morgan fingerprint density at radius 3 is 2.30 bits per heavy atom. The number of piperidine rings is 1. The molecule has 1 saturated carbocycles. The molecule has 1 aromatic heterocycles. The molecule has 30 heavy (non-hydrogen) atoms. The first-order chi connectivity index (χ1) is 14.7. The second-order valence-electron chi connectivity index (χ2n) is 9.51. The van der Waals surface area contributed by atoms with Gasteiger partial charge in [0.05, 0.1) is 11.0 Å². The van der Waals surface area contributed by atoms with E-state index in [2.05, 4.69) is 20.4 Å². The van der Waals surface area contributed by atoms with Gasteiger partial charge in [-0.25, -0.2) is 4.98 Å². The first-order valence-corrected chi connectivity index (χ1v) is 12.0. The van der Waals surface area contributed by atoms with Gasteiger partial charge in [0.25, 0.3) is 5.56 Å². The van der Waals surface area contributed by atoms with Crippen molar-refractivity contribution in [3.8, 4) is 0 Å². The summed E-state index contributed by atoms with van der Waals surface area (Å²) < 4.78 is 2.06. The molecule has 3 fully saturated rings. The zero-order valence-electron chi connectivity index (χ0n) is 18.0. The number of hydrogen-bond donors (Lipinski definition) is 1. The summed E-state index contributed by atoms with van der Waals surface area (Å²) in [5.41, 5.74) is 8.08. The lowest BCUT2D eigenvalue weighted by Gasteiger charge is -2.38. The molecule has 2 aromatic rings. The maximum atomic E-state index is 13.6. The molecule has 3 heterocycles. The van der Waals surface area contributed by atoms with Crippen molar-refractivity contribution in [2.24, 2.45) is 5.73 Å². The normalized spacial score (nSPS) is 25.1. The predicted octanol–water partition coefficient (Wildman–Crippen LogP) is 3.29. The molecule has 2 aliphatic heterocycles. The van der Waals surface area contributed by atoms with Gasteiger partial charge in [0.15, 0.2) is 5.82 Å². The SMILES string of the molecule is N[C@H]1CCN(c2nc3ccccc3n(C3CCN(C4CCCCCC4)CC3)c2=O)C1. The van der Waals surface area contributed by atoms with Crippen molar-refractivity contribution in [2.45, 2.75) is 75.9 Å². The van der Waals surface area contributed by atoms with E-state index >= 15 is 0 Å². The summed E-state index contributed by atoms with van der Waals surface area (Å²) in [4.78, 5) is 23.2. The minimum Gasteiger partial charge on any atom is -0.350 e. The molecule has 1 aliphatic carbocycles. The predicted molar refractivity (Wildman–Crippen MR) is 122 cm³/mol. The fourth-order valence-electron chi connectivity index (χ4n) is 5.82. The van der Waals surface area contributed by atoms with E-state index in [1.165, 1.54) is 38.5 Å². The third kappa shape index (κ3) is 3.87. The maximum absolute atomic E-state index is 13.6. The molecule has 0 spiro atoms. The van der Waals surface area contributed by atoms with E-state index in [1.807, 2.05) is 18.2 Å². The van der Waals surface area contributed by atoms with Crippen molar-refractivity contribution in [3.63, 3.8) is 0 Å². The molecule has 6 heteroatoms. The lowest BCUT2D eigenvalue weighted by atomic mass is 9.99. The second-order valence-corrected chi connectivity index (χ2v) is 9.51. The van der Waals surface area contributed by atoms with E-state index in [4.69, 9.17) is 10.7 Å². The summed E-state index contributed by atoms with van der Waals surface area (Å²) in [6.07, 6.45) is 11.3. The van der Waals surface area contributed by atoms with E-state index < -0.39 is 0 Å². The van der Waals surface area contributed by atoms with Gasteiger partial charge < -0.3 is 20.1 Å². The van der Waals surface area contributed by atoms with Gasteiger partial charge in [0.2, 0.25) is 0 Å². The molecule has 0 bridgehead atoms. The highest BCUT2D eigenvalue weighted by atomic mass is 16.1. The van der Waals surface area contributed by atoms with E-state index in [-0.39, 0.29) is 17.6 Å². The molecule has 0 radical (unpaired) electrons. The second kappa shape index (κ2) is 8.67. The molecule has 1 atom stereocenters. The third-order valence-electron chi connectivity index (χ3n) is 7.51.